The first-order valence-corrected chi connectivity index (χ1v) is 11.6. The number of hydrogen-bond donors (Lipinski definition) is 1. The predicted octanol–water partition coefficient (Wildman–Crippen LogP) is 3.44. The number of nitrogens with zero attached hydrogens (tertiary/aromatic N) is 3. The number of imide groups is 1. The van der Waals surface area contributed by atoms with Crippen LogP contribution in [0.5, 0.6) is 0 Å². The van der Waals surface area contributed by atoms with Gasteiger partial charge in [-0.15, -0.1) is 0 Å². The number of piperidine rings is 1. The van der Waals surface area contributed by atoms with Gasteiger partial charge >= 0.3 is 0 Å². The molecule has 9 heteroatoms. The molecule has 0 saturated carbocycles. The van der Waals surface area contributed by atoms with Crippen molar-refractivity contribution >= 4 is 46.5 Å². The minimum absolute atomic E-state index is 0.149. The number of rotatable bonds is 4. The number of carbonyl (C=O) groups excluding carboxylic acids is 3. The van der Waals surface area contributed by atoms with Gasteiger partial charge in [0.2, 0.25) is 11.8 Å². The van der Waals surface area contributed by atoms with E-state index in [1.165, 1.54) is 5.57 Å². The van der Waals surface area contributed by atoms with E-state index in [0.717, 1.165) is 42.7 Å². The lowest BCUT2D eigenvalue weighted by atomic mass is 9.99. The van der Waals surface area contributed by atoms with E-state index in [9.17, 15) is 14.4 Å². The van der Waals surface area contributed by atoms with Crippen molar-refractivity contribution in [2.24, 2.45) is 0 Å². The summed E-state index contributed by atoms with van der Waals surface area (Å²) in [7, 11) is 0. The fraction of sp³-hybridized carbons (Fsp3) is 0.333. The lowest BCUT2D eigenvalue weighted by Gasteiger charge is -2.29. The molecule has 3 aliphatic heterocycles. The molecule has 0 bridgehead atoms. The number of nitrogens with one attached hydrogen (secondary N) is 1. The van der Waals surface area contributed by atoms with E-state index in [1.54, 1.807) is 11.1 Å². The number of fused-ring (bicyclic) bond motifs is 1. The van der Waals surface area contributed by atoms with Crippen LogP contribution in [0.1, 0.15) is 46.3 Å². The van der Waals surface area contributed by atoms with Crippen LogP contribution in [-0.4, -0.2) is 51.6 Å². The Bertz CT molecular complexity index is 1200. The molecule has 0 radical (unpaired) electrons. The molecule has 170 valence electrons. The average Bonchev–Trinajstić information content (AvgIpc) is 3.12. The predicted molar refractivity (Wildman–Crippen MR) is 125 cm³/mol. The van der Waals surface area contributed by atoms with Crippen LogP contribution >= 0.6 is 23.2 Å². The maximum Gasteiger partial charge on any atom is 0.255 e. The zero-order valence-electron chi connectivity index (χ0n) is 17.8. The summed E-state index contributed by atoms with van der Waals surface area (Å²) < 4.78 is 0. The second kappa shape index (κ2) is 8.89. The number of amides is 3. The van der Waals surface area contributed by atoms with Crippen molar-refractivity contribution in [3.8, 4) is 0 Å². The number of aromatic nitrogens is 1. The Morgan fingerprint density at radius 1 is 1.09 bits per heavy atom. The van der Waals surface area contributed by atoms with Gasteiger partial charge in [0, 0.05) is 49.9 Å². The molecule has 0 aliphatic carbocycles. The fourth-order valence-electron chi connectivity index (χ4n) is 4.75. The molecule has 3 amide bonds. The van der Waals surface area contributed by atoms with Gasteiger partial charge < -0.3 is 4.90 Å². The van der Waals surface area contributed by atoms with Crippen LogP contribution in [0.2, 0.25) is 10.2 Å². The standard InChI is InChI=1S/C24H22Cl2N4O3/c25-21-17(5-8-27-22(21)26)15-6-9-29(10-7-15)12-14-1-2-18-16(11-14)13-30(24(18)33)19-3-4-20(31)28-23(19)32/h1-2,5-6,8,11,19H,3-4,7,9-10,12-13H2,(H,28,31,32). The Hall–Kier alpha value is -2.74. The van der Waals surface area contributed by atoms with E-state index >= 15 is 0 Å². The van der Waals surface area contributed by atoms with Crippen molar-refractivity contribution in [3.63, 3.8) is 0 Å². The number of halogens is 2. The van der Waals surface area contributed by atoms with Crippen LogP contribution in [0.15, 0.2) is 36.5 Å². The third-order valence-electron chi connectivity index (χ3n) is 6.48. The van der Waals surface area contributed by atoms with Crippen molar-refractivity contribution < 1.29 is 14.4 Å². The van der Waals surface area contributed by atoms with E-state index in [0.29, 0.717) is 28.7 Å². The molecule has 0 spiro atoms. The summed E-state index contributed by atoms with van der Waals surface area (Å²) in [6, 6.07) is 7.18. The lowest BCUT2D eigenvalue weighted by Crippen LogP contribution is -2.52. The molecular weight excluding hydrogens is 463 g/mol. The molecule has 7 nitrogen and oxygen atoms in total. The number of carbonyl (C=O) groups is 3. The van der Waals surface area contributed by atoms with Gasteiger partial charge in [0.25, 0.3) is 5.91 Å². The normalized spacial score (nSPS) is 21.2. The molecule has 3 aliphatic rings. The second-order valence-corrected chi connectivity index (χ2v) is 9.31. The van der Waals surface area contributed by atoms with Crippen LogP contribution < -0.4 is 5.32 Å². The third kappa shape index (κ3) is 4.28. The van der Waals surface area contributed by atoms with E-state index < -0.39 is 6.04 Å². The molecule has 1 atom stereocenters. The molecule has 2 aromatic rings. The summed E-state index contributed by atoms with van der Waals surface area (Å²) in [6.45, 7) is 2.80. The highest BCUT2D eigenvalue weighted by molar-refractivity contribution is 6.42. The van der Waals surface area contributed by atoms with Crippen molar-refractivity contribution in [3.05, 3.63) is 69.0 Å². The highest BCUT2D eigenvalue weighted by atomic mass is 35.5. The number of pyridine rings is 1. The highest BCUT2D eigenvalue weighted by Gasteiger charge is 2.39. The van der Waals surface area contributed by atoms with Crippen LogP contribution in [0, 0.1) is 0 Å². The molecule has 4 heterocycles. The monoisotopic (exact) mass is 484 g/mol. The van der Waals surface area contributed by atoms with Gasteiger partial charge in [-0.2, -0.15) is 0 Å². The maximum atomic E-state index is 12.9. The summed E-state index contributed by atoms with van der Waals surface area (Å²) in [5.41, 5.74) is 4.77. The number of benzene rings is 1. The van der Waals surface area contributed by atoms with Gasteiger partial charge in [-0.1, -0.05) is 41.4 Å². The molecule has 33 heavy (non-hydrogen) atoms. The Morgan fingerprint density at radius 2 is 1.94 bits per heavy atom. The van der Waals surface area contributed by atoms with Crippen LogP contribution in [0.3, 0.4) is 0 Å². The van der Waals surface area contributed by atoms with Crippen molar-refractivity contribution in [2.45, 2.75) is 38.4 Å². The summed E-state index contributed by atoms with van der Waals surface area (Å²) in [5.74, 6) is -0.820. The SMILES string of the molecule is O=C1CCC(N2Cc3cc(CN4CC=C(c5ccnc(Cl)c5Cl)CC4)ccc3C2=O)C(=O)N1. The Labute approximate surface area is 201 Å². The van der Waals surface area contributed by atoms with Gasteiger partial charge in [-0.05, 0) is 41.7 Å². The molecule has 1 unspecified atom stereocenters. The van der Waals surface area contributed by atoms with E-state index in [2.05, 4.69) is 27.3 Å². The first-order chi connectivity index (χ1) is 15.9. The fourth-order valence-corrected chi connectivity index (χ4v) is 5.14. The number of hydrogen-bond acceptors (Lipinski definition) is 5. The second-order valence-electron chi connectivity index (χ2n) is 8.57. The van der Waals surface area contributed by atoms with E-state index in [4.69, 9.17) is 23.2 Å². The zero-order valence-corrected chi connectivity index (χ0v) is 19.3. The Balaban J connectivity index is 1.26. The molecule has 1 N–H and O–H groups in total. The molecule has 1 saturated heterocycles. The first kappa shape index (κ1) is 22.1. The minimum Gasteiger partial charge on any atom is -0.322 e. The molecule has 1 aromatic heterocycles. The van der Waals surface area contributed by atoms with Crippen molar-refractivity contribution in [2.75, 3.05) is 13.1 Å². The summed E-state index contributed by atoms with van der Waals surface area (Å²) in [6.07, 6.45) is 5.31. The van der Waals surface area contributed by atoms with Gasteiger partial charge in [0.1, 0.15) is 11.2 Å². The third-order valence-corrected chi connectivity index (χ3v) is 7.25. The van der Waals surface area contributed by atoms with Gasteiger partial charge in [-0.3, -0.25) is 24.6 Å². The van der Waals surface area contributed by atoms with Crippen molar-refractivity contribution in [1.29, 1.82) is 0 Å². The lowest BCUT2D eigenvalue weighted by molar-refractivity contribution is -0.136. The summed E-state index contributed by atoms with van der Waals surface area (Å²) in [4.78, 5) is 44.5. The zero-order chi connectivity index (χ0) is 23.1. The smallest absolute Gasteiger partial charge is 0.255 e. The Morgan fingerprint density at radius 3 is 2.70 bits per heavy atom. The molecule has 1 fully saturated rings. The van der Waals surface area contributed by atoms with Gasteiger partial charge in [0.05, 0.1) is 5.02 Å². The van der Waals surface area contributed by atoms with Gasteiger partial charge in [0.15, 0.2) is 0 Å². The topological polar surface area (TPSA) is 82.6 Å². The van der Waals surface area contributed by atoms with E-state index in [-0.39, 0.29) is 24.1 Å². The van der Waals surface area contributed by atoms with Crippen LogP contribution in [-0.2, 0) is 22.7 Å². The first-order valence-electron chi connectivity index (χ1n) is 10.9. The largest absolute Gasteiger partial charge is 0.322 e. The summed E-state index contributed by atoms with van der Waals surface area (Å²) in [5, 5.41) is 3.14. The van der Waals surface area contributed by atoms with Crippen LogP contribution in [0.4, 0.5) is 0 Å². The highest BCUT2D eigenvalue weighted by Crippen LogP contribution is 2.33. The van der Waals surface area contributed by atoms with Crippen LogP contribution in [0.25, 0.3) is 5.57 Å². The summed E-state index contributed by atoms with van der Waals surface area (Å²) >= 11 is 12.4. The molecule has 5 rings (SSSR count). The van der Waals surface area contributed by atoms with E-state index in [1.807, 2.05) is 18.2 Å². The van der Waals surface area contributed by atoms with Crippen molar-refractivity contribution in [1.82, 2.24) is 20.1 Å². The van der Waals surface area contributed by atoms with Gasteiger partial charge in [-0.25, -0.2) is 4.98 Å². The molecule has 1 aromatic carbocycles. The maximum absolute atomic E-state index is 12.9. The average molecular weight is 485 g/mol. The Kier molecular flexibility index (Phi) is 5.95. The quantitative estimate of drug-likeness (QED) is 0.530. The minimum atomic E-state index is -0.592. The molecular formula is C24H22Cl2N4O3.